The molecule has 0 aromatic heterocycles. The van der Waals surface area contributed by atoms with Crippen LogP contribution in [-0.4, -0.2) is 0 Å². The smallest absolute Gasteiger partial charge is 0.131 e. The predicted octanol–water partition coefficient (Wildman–Crippen LogP) is 4.43. The van der Waals surface area contributed by atoms with E-state index in [2.05, 4.69) is 22.5 Å². The minimum absolute atomic E-state index is 0.172. The second-order valence-electron chi connectivity index (χ2n) is 3.45. The van der Waals surface area contributed by atoms with Crippen molar-refractivity contribution in [2.45, 2.75) is 6.42 Å². The molecule has 0 amide bonds. The summed E-state index contributed by atoms with van der Waals surface area (Å²) in [4.78, 5) is 0. The van der Waals surface area contributed by atoms with E-state index in [1.54, 1.807) is 6.07 Å². The molecular weight excluding hydrogens is 255 g/mol. The molecule has 0 spiro atoms. The summed E-state index contributed by atoms with van der Waals surface area (Å²) in [6.45, 7) is 3.80. The molecule has 0 bridgehead atoms. The number of fused-ring (bicyclic) bond motifs is 1. The van der Waals surface area contributed by atoms with Crippen molar-refractivity contribution in [3.8, 4) is 0 Å². The van der Waals surface area contributed by atoms with Gasteiger partial charge in [0, 0.05) is 11.8 Å². The Bertz CT molecular complexity index is 517. The quantitative estimate of drug-likeness (QED) is 0.753. The highest BCUT2D eigenvalue weighted by Crippen LogP contribution is 2.24. The van der Waals surface area contributed by atoms with Crippen LogP contribution >= 0.6 is 15.9 Å². The normalized spacial score (nSPS) is 10.5. The molecule has 0 nitrogen and oxygen atoms in total. The Morgan fingerprint density at radius 2 is 1.80 bits per heavy atom. The van der Waals surface area contributed by atoms with Gasteiger partial charge in [0.2, 0.25) is 0 Å². The first-order valence-corrected chi connectivity index (χ1v) is 5.47. The molecule has 2 rings (SSSR count). The van der Waals surface area contributed by atoms with E-state index in [1.165, 1.54) is 6.07 Å². The monoisotopic (exact) mass is 264 g/mol. The van der Waals surface area contributed by atoms with Gasteiger partial charge in [-0.15, -0.1) is 0 Å². The van der Waals surface area contributed by atoms with Crippen LogP contribution in [0.2, 0.25) is 0 Å². The van der Waals surface area contributed by atoms with Crippen molar-refractivity contribution in [1.29, 1.82) is 0 Å². The van der Waals surface area contributed by atoms with E-state index in [-0.39, 0.29) is 5.82 Å². The third-order valence-corrected chi connectivity index (χ3v) is 2.62. The van der Waals surface area contributed by atoms with Crippen LogP contribution in [-0.2, 0) is 6.42 Å². The van der Waals surface area contributed by atoms with Gasteiger partial charge in [0.1, 0.15) is 5.82 Å². The maximum absolute atomic E-state index is 13.5. The van der Waals surface area contributed by atoms with E-state index in [1.807, 2.05) is 24.3 Å². The summed E-state index contributed by atoms with van der Waals surface area (Å²) in [6.07, 6.45) is 0.723. The molecule has 2 aromatic carbocycles. The van der Waals surface area contributed by atoms with E-state index in [9.17, 15) is 4.39 Å². The zero-order valence-corrected chi connectivity index (χ0v) is 9.72. The van der Waals surface area contributed by atoms with Gasteiger partial charge in [-0.1, -0.05) is 52.8 Å². The van der Waals surface area contributed by atoms with Crippen molar-refractivity contribution in [1.82, 2.24) is 0 Å². The second-order valence-corrected chi connectivity index (χ2v) is 4.57. The van der Waals surface area contributed by atoms with Gasteiger partial charge in [0.05, 0.1) is 0 Å². The lowest BCUT2D eigenvalue weighted by Crippen LogP contribution is -1.88. The van der Waals surface area contributed by atoms with Gasteiger partial charge >= 0.3 is 0 Å². The Hall–Kier alpha value is -1.15. The molecule has 0 N–H and O–H groups in total. The van der Waals surface area contributed by atoms with Gasteiger partial charge in [0.15, 0.2) is 0 Å². The van der Waals surface area contributed by atoms with E-state index in [0.29, 0.717) is 5.39 Å². The summed E-state index contributed by atoms with van der Waals surface area (Å²) in [7, 11) is 0. The molecule has 0 heterocycles. The first kappa shape index (κ1) is 10.4. The summed E-state index contributed by atoms with van der Waals surface area (Å²) in [5, 5.41) is 1.63. The van der Waals surface area contributed by atoms with Crippen LogP contribution in [0.3, 0.4) is 0 Å². The van der Waals surface area contributed by atoms with Crippen molar-refractivity contribution in [2.75, 3.05) is 0 Å². The molecule has 0 aliphatic carbocycles. The summed E-state index contributed by atoms with van der Waals surface area (Å²) in [5.41, 5.74) is 1.09. The average Bonchev–Trinajstić information content (AvgIpc) is 2.22. The topological polar surface area (TPSA) is 0 Å². The van der Waals surface area contributed by atoms with E-state index < -0.39 is 0 Å². The number of rotatable bonds is 2. The molecule has 0 saturated carbocycles. The highest BCUT2D eigenvalue weighted by atomic mass is 79.9. The van der Waals surface area contributed by atoms with Crippen molar-refractivity contribution in [3.63, 3.8) is 0 Å². The zero-order valence-electron chi connectivity index (χ0n) is 8.13. The van der Waals surface area contributed by atoms with Crippen LogP contribution in [0.15, 0.2) is 47.5 Å². The Morgan fingerprint density at radius 3 is 2.47 bits per heavy atom. The lowest BCUT2D eigenvalue weighted by atomic mass is 10.0. The van der Waals surface area contributed by atoms with Crippen molar-refractivity contribution in [3.05, 3.63) is 58.8 Å². The van der Waals surface area contributed by atoms with Crippen molar-refractivity contribution < 1.29 is 4.39 Å². The average molecular weight is 265 g/mol. The molecule has 0 unspecified atom stereocenters. The Morgan fingerprint density at radius 1 is 1.13 bits per heavy atom. The number of benzene rings is 2. The molecule has 0 saturated heterocycles. The minimum Gasteiger partial charge on any atom is -0.206 e. The SMILES string of the molecule is C=C(Br)Cc1ccc(F)c2ccccc12. The molecule has 2 heteroatoms. The van der Waals surface area contributed by atoms with Crippen LogP contribution in [0.4, 0.5) is 4.39 Å². The minimum atomic E-state index is -0.172. The van der Waals surface area contributed by atoms with Crippen molar-refractivity contribution >= 4 is 26.7 Å². The zero-order chi connectivity index (χ0) is 10.8. The molecular formula is C13H10BrF. The van der Waals surface area contributed by atoms with Gasteiger partial charge in [-0.25, -0.2) is 4.39 Å². The van der Waals surface area contributed by atoms with E-state index in [4.69, 9.17) is 0 Å². The number of halogens is 2. The van der Waals surface area contributed by atoms with Crippen molar-refractivity contribution in [2.24, 2.45) is 0 Å². The molecule has 0 fully saturated rings. The maximum Gasteiger partial charge on any atom is 0.131 e. The summed E-state index contributed by atoms with van der Waals surface area (Å²) in [5.74, 6) is -0.172. The summed E-state index contributed by atoms with van der Waals surface area (Å²) < 4.78 is 14.4. The fourth-order valence-corrected chi connectivity index (χ4v) is 1.99. The summed E-state index contributed by atoms with van der Waals surface area (Å²) >= 11 is 3.33. The number of hydrogen-bond acceptors (Lipinski definition) is 0. The first-order valence-electron chi connectivity index (χ1n) is 4.68. The molecule has 0 aliphatic rings. The van der Waals surface area contributed by atoms with Gasteiger partial charge in [-0.3, -0.25) is 0 Å². The van der Waals surface area contributed by atoms with Gasteiger partial charge < -0.3 is 0 Å². The van der Waals surface area contributed by atoms with Crippen LogP contribution in [0.5, 0.6) is 0 Å². The number of allylic oxidation sites excluding steroid dienone is 1. The third kappa shape index (κ3) is 2.10. The second kappa shape index (κ2) is 4.15. The summed E-state index contributed by atoms with van der Waals surface area (Å²) in [6, 6.07) is 10.8. The highest BCUT2D eigenvalue weighted by Gasteiger charge is 2.05. The maximum atomic E-state index is 13.5. The van der Waals surface area contributed by atoms with Crippen LogP contribution in [0, 0.1) is 5.82 Å². The molecule has 0 radical (unpaired) electrons. The molecule has 0 atom stereocenters. The van der Waals surface area contributed by atoms with Crippen LogP contribution < -0.4 is 0 Å². The fraction of sp³-hybridized carbons (Fsp3) is 0.0769. The van der Waals surface area contributed by atoms with E-state index >= 15 is 0 Å². The van der Waals surface area contributed by atoms with E-state index in [0.717, 1.165) is 21.9 Å². The Labute approximate surface area is 96.6 Å². The molecule has 76 valence electrons. The first-order chi connectivity index (χ1) is 7.18. The number of hydrogen-bond donors (Lipinski definition) is 0. The largest absolute Gasteiger partial charge is 0.206 e. The van der Waals surface area contributed by atoms with Gasteiger partial charge in [0.25, 0.3) is 0 Å². The molecule has 15 heavy (non-hydrogen) atoms. The van der Waals surface area contributed by atoms with Gasteiger partial charge in [-0.2, -0.15) is 0 Å². The molecule has 0 aliphatic heterocycles. The standard InChI is InChI=1S/C13H10BrF/c1-9(14)8-10-6-7-13(15)12-5-3-2-4-11(10)12/h2-7H,1,8H2. The lowest BCUT2D eigenvalue weighted by molar-refractivity contribution is 0.639. The third-order valence-electron chi connectivity index (χ3n) is 2.34. The highest BCUT2D eigenvalue weighted by molar-refractivity contribution is 9.11. The van der Waals surface area contributed by atoms with Gasteiger partial charge in [-0.05, 0) is 21.5 Å². The Balaban J connectivity index is 2.66. The fourth-order valence-electron chi connectivity index (χ4n) is 1.69. The lowest BCUT2D eigenvalue weighted by Gasteiger charge is -2.06. The Kier molecular flexibility index (Phi) is 2.87. The van der Waals surface area contributed by atoms with Crippen LogP contribution in [0.1, 0.15) is 5.56 Å². The predicted molar refractivity (Wildman–Crippen MR) is 65.7 cm³/mol. The van der Waals surface area contributed by atoms with Crippen LogP contribution in [0.25, 0.3) is 10.8 Å². The molecule has 2 aromatic rings.